The van der Waals surface area contributed by atoms with Crippen LogP contribution in [0.15, 0.2) is 16.6 Å². The summed E-state index contributed by atoms with van der Waals surface area (Å²) >= 11 is 3.15. The Kier molecular flexibility index (Phi) is 3.88. The second-order valence-corrected chi connectivity index (χ2v) is 3.73. The average molecular weight is 247 g/mol. The molecule has 3 heteroatoms. The number of aliphatic hydroxyl groups excluding tert-OH is 1. The summed E-state index contributed by atoms with van der Waals surface area (Å²) in [4.78, 5) is 0. The molecule has 0 aliphatic heterocycles. The number of hydrogen-bond acceptors (Lipinski definition) is 1. The molecule has 72 valence electrons. The zero-order chi connectivity index (χ0) is 9.84. The standard InChI is InChI=1S/C10H12BrFO/c1-2-7-5-8(3-4-13)10(12)9(11)6-7/h5-6,13H,2-4H2,1H3. The van der Waals surface area contributed by atoms with Crippen molar-refractivity contribution < 1.29 is 9.50 Å². The Morgan fingerprint density at radius 3 is 2.69 bits per heavy atom. The fraction of sp³-hybridized carbons (Fsp3) is 0.400. The van der Waals surface area contributed by atoms with E-state index >= 15 is 0 Å². The fourth-order valence-electron chi connectivity index (χ4n) is 1.21. The first-order chi connectivity index (χ1) is 6.19. The van der Waals surface area contributed by atoms with Gasteiger partial charge in [-0.25, -0.2) is 4.39 Å². The molecule has 0 unspecified atom stereocenters. The van der Waals surface area contributed by atoms with Gasteiger partial charge >= 0.3 is 0 Å². The lowest BCUT2D eigenvalue weighted by atomic mass is 10.1. The van der Waals surface area contributed by atoms with Gasteiger partial charge in [-0.1, -0.05) is 13.0 Å². The van der Waals surface area contributed by atoms with E-state index in [4.69, 9.17) is 5.11 Å². The molecule has 0 radical (unpaired) electrons. The number of rotatable bonds is 3. The molecule has 0 bridgehead atoms. The van der Waals surface area contributed by atoms with E-state index in [0.717, 1.165) is 12.0 Å². The van der Waals surface area contributed by atoms with E-state index in [1.165, 1.54) is 0 Å². The Hall–Kier alpha value is -0.410. The van der Waals surface area contributed by atoms with E-state index in [2.05, 4.69) is 15.9 Å². The molecular formula is C10H12BrFO. The highest BCUT2D eigenvalue weighted by Crippen LogP contribution is 2.22. The van der Waals surface area contributed by atoms with Crippen LogP contribution in [-0.2, 0) is 12.8 Å². The Morgan fingerprint density at radius 1 is 1.46 bits per heavy atom. The van der Waals surface area contributed by atoms with E-state index in [1.54, 1.807) is 12.1 Å². The van der Waals surface area contributed by atoms with Gasteiger partial charge in [0.15, 0.2) is 0 Å². The van der Waals surface area contributed by atoms with Crippen LogP contribution in [0.1, 0.15) is 18.1 Å². The molecule has 0 heterocycles. The minimum Gasteiger partial charge on any atom is -0.396 e. The van der Waals surface area contributed by atoms with Gasteiger partial charge in [0.25, 0.3) is 0 Å². The van der Waals surface area contributed by atoms with Gasteiger partial charge in [-0.2, -0.15) is 0 Å². The van der Waals surface area contributed by atoms with Crippen molar-refractivity contribution in [2.45, 2.75) is 19.8 Å². The molecule has 0 saturated heterocycles. The van der Waals surface area contributed by atoms with Crippen molar-refractivity contribution in [2.24, 2.45) is 0 Å². The van der Waals surface area contributed by atoms with Gasteiger partial charge < -0.3 is 5.11 Å². The van der Waals surface area contributed by atoms with E-state index in [0.29, 0.717) is 16.5 Å². The predicted octanol–water partition coefficient (Wildman–Crippen LogP) is 2.69. The predicted molar refractivity (Wildman–Crippen MR) is 54.3 cm³/mol. The maximum atomic E-state index is 13.3. The van der Waals surface area contributed by atoms with Crippen molar-refractivity contribution in [3.05, 3.63) is 33.5 Å². The molecule has 0 aromatic heterocycles. The van der Waals surface area contributed by atoms with Crippen LogP contribution in [0.25, 0.3) is 0 Å². The Balaban J connectivity index is 3.09. The average Bonchev–Trinajstić information content (AvgIpc) is 2.13. The van der Waals surface area contributed by atoms with Crippen LogP contribution in [-0.4, -0.2) is 11.7 Å². The normalized spacial score (nSPS) is 10.5. The highest BCUT2D eigenvalue weighted by Gasteiger charge is 2.07. The molecule has 0 aliphatic carbocycles. The third-order valence-electron chi connectivity index (χ3n) is 1.95. The third kappa shape index (κ3) is 2.51. The molecule has 0 fully saturated rings. The molecule has 0 spiro atoms. The minimum atomic E-state index is -0.258. The van der Waals surface area contributed by atoms with Gasteiger partial charge in [0, 0.05) is 6.61 Å². The van der Waals surface area contributed by atoms with Crippen LogP contribution in [0.5, 0.6) is 0 Å². The van der Waals surface area contributed by atoms with Crippen LogP contribution in [0.4, 0.5) is 4.39 Å². The number of aryl methyl sites for hydroxylation is 1. The van der Waals surface area contributed by atoms with Gasteiger partial charge in [0.1, 0.15) is 5.82 Å². The van der Waals surface area contributed by atoms with Crippen molar-refractivity contribution in [2.75, 3.05) is 6.61 Å². The van der Waals surface area contributed by atoms with Crippen molar-refractivity contribution in [3.63, 3.8) is 0 Å². The van der Waals surface area contributed by atoms with E-state index < -0.39 is 0 Å². The zero-order valence-electron chi connectivity index (χ0n) is 7.48. The van der Waals surface area contributed by atoms with Gasteiger partial charge in [-0.05, 0) is 46.0 Å². The monoisotopic (exact) mass is 246 g/mol. The number of benzene rings is 1. The number of halogens is 2. The van der Waals surface area contributed by atoms with Crippen molar-refractivity contribution in [1.29, 1.82) is 0 Å². The van der Waals surface area contributed by atoms with Crippen molar-refractivity contribution >= 4 is 15.9 Å². The minimum absolute atomic E-state index is 0.0173. The third-order valence-corrected chi connectivity index (χ3v) is 2.53. The molecule has 1 aromatic carbocycles. The summed E-state index contributed by atoms with van der Waals surface area (Å²) in [7, 11) is 0. The Bertz CT molecular complexity index is 299. The quantitative estimate of drug-likeness (QED) is 0.870. The molecule has 1 N–H and O–H groups in total. The van der Waals surface area contributed by atoms with Crippen LogP contribution >= 0.6 is 15.9 Å². The van der Waals surface area contributed by atoms with Crippen molar-refractivity contribution in [1.82, 2.24) is 0 Å². The molecule has 0 atom stereocenters. The zero-order valence-corrected chi connectivity index (χ0v) is 9.07. The molecule has 0 amide bonds. The molecule has 1 nitrogen and oxygen atoms in total. The summed E-state index contributed by atoms with van der Waals surface area (Å²) in [6.07, 6.45) is 1.25. The van der Waals surface area contributed by atoms with Gasteiger partial charge in [-0.15, -0.1) is 0 Å². The molecule has 1 rings (SSSR count). The van der Waals surface area contributed by atoms with E-state index in [-0.39, 0.29) is 12.4 Å². The largest absolute Gasteiger partial charge is 0.396 e. The van der Waals surface area contributed by atoms with Crippen LogP contribution in [0.3, 0.4) is 0 Å². The highest BCUT2D eigenvalue weighted by atomic mass is 79.9. The summed E-state index contributed by atoms with van der Waals surface area (Å²) in [6.45, 7) is 2.00. The summed E-state index contributed by atoms with van der Waals surface area (Å²) in [6, 6.07) is 3.58. The fourth-order valence-corrected chi connectivity index (χ4v) is 1.76. The number of hydrogen-bond donors (Lipinski definition) is 1. The molecule has 13 heavy (non-hydrogen) atoms. The molecular weight excluding hydrogens is 235 g/mol. The topological polar surface area (TPSA) is 20.2 Å². The molecule has 0 aliphatic rings. The smallest absolute Gasteiger partial charge is 0.140 e. The lowest BCUT2D eigenvalue weighted by Crippen LogP contribution is -1.97. The number of aliphatic hydroxyl groups is 1. The molecule has 1 aromatic rings. The van der Waals surface area contributed by atoms with Gasteiger partial charge in [0.2, 0.25) is 0 Å². The van der Waals surface area contributed by atoms with Gasteiger partial charge in [0.05, 0.1) is 4.47 Å². The van der Waals surface area contributed by atoms with E-state index in [1.807, 2.05) is 6.92 Å². The Labute approximate surface area is 85.7 Å². The summed E-state index contributed by atoms with van der Waals surface area (Å²) in [5, 5.41) is 8.72. The van der Waals surface area contributed by atoms with Crippen molar-refractivity contribution in [3.8, 4) is 0 Å². The summed E-state index contributed by atoms with van der Waals surface area (Å²) < 4.78 is 13.8. The lowest BCUT2D eigenvalue weighted by Gasteiger charge is -2.06. The van der Waals surface area contributed by atoms with Crippen LogP contribution in [0, 0.1) is 5.82 Å². The van der Waals surface area contributed by atoms with E-state index in [9.17, 15) is 4.39 Å². The summed E-state index contributed by atoms with van der Waals surface area (Å²) in [5.74, 6) is -0.258. The first kappa shape index (κ1) is 10.7. The summed E-state index contributed by atoms with van der Waals surface area (Å²) in [5.41, 5.74) is 1.66. The second-order valence-electron chi connectivity index (χ2n) is 2.88. The Morgan fingerprint density at radius 2 is 2.15 bits per heavy atom. The van der Waals surface area contributed by atoms with Crippen LogP contribution < -0.4 is 0 Å². The maximum absolute atomic E-state index is 13.3. The first-order valence-electron chi connectivity index (χ1n) is 4.26. The van der Waals surface area contributed by atoms with Gasteiger partial charge in [-0.3, -0.25) is 0 Å². The van der Waals surface area contributed by atoms with Crippen LogP contribution in [0.2, 0.25) is 0 Å². The lowest BCUT2D eigenvalue weighted by molar-refractivity contribution is 0.297. The first-order valence-corrected chi connectivity index (χ1v) is 5.06. The molecule has 0 saturated carbocycles. The maximum Gasteiger partial charge on any atom is 0.140 e. The highest BCUT2D eigenvalue weighted by molar-refractivity contribution is 9.10. The SMILES string of the molecule is CCc1cc(Br)c(F)c(CCO)c1. The second kappa shape index (κ2) is 4.72.